The molecule has 1 heterocycles. The minimum absolute atomic E-state index is 0. The van der Waals surface area contributed by atoms with Gasteiger partial charge in [0, 0.05) is 25.1 Å². The maximum atomic E-state index is 12.9. The van der Waals surface area contributed by atoms with Gasteiger partial charge >= 0.3 is 6.18 Å². The highest BCUT2D eigenvalue weighted by atomic mass is 35.5. The lowest BCUT2D eigenvalue weighted by Crippen LogP contribution is -2.43. The van der Waals surface area contributed by atoms with Crippen LogP contribution >= 0.6 is 12.4 Å². The fourth-order valence-electron chi connectivity index (χ4n) is 3.66. The summed E-state index contributed by atoms with van der Waals surface area (Å²) in [6.07, 6.45) is -2.82. The predicted molar refractivity (Wildman–Crippen MR) is 108 cm³/mol. The first-order valence-electron chi connectivity index (χ1n) is 9.59. The molecule has 164 valence electrons. The number of nitrogens with zero attached hydrogens (tertiary/aromatic N) is 1. The quantitative estimate of drug-likeness (QED) is 0.490. The van der Waals surface area contributed by atoms with E-state index in [1.807, 2.05) is 0 Å². The highest BCUT2D eigenvalue weighted by Gasteiger charge is 2.36. The number of Topliss-reactive ketones (excluding diaryl/α,β-unsaturated/α-hetero) is 1. The largest absolute Gasteiger partial charge is 0.416 e. The van der Waals surface area contributed by atoms with E-state index < -0.39 is 17.3 Å². The zero-order valence-corrected chi connectivity index (χ0v) is 17.1. The first-order chi connectivity index (χ1) is 13.7. The molecular formula is C22H24ClF4NO2. The zero-order valence-electron chi connectivity index (χ0n) is 16.3. The van der Waals surface area contributed by atoms with Gasteiger partial charge in [0.1, 0.15) is 5.82 Å². The molecule has 1 N–H and O–H groups in total. The first-order valence-corrected chi connectivity index (χ1v) is 9.59. The molecule has 1 saturated heterocycles. The number of benzene rings is 2. The molecule has 2 aromatic carbocycles. The van der Waals surface area contributed by atoms with Crippen LogP contribution in [0.1, 0.15) is 47.2 Å². The maximum Gasteiger partial charge on any atom is 0.416 e. The third-order valence-corrected chi connectivity index (χ3v) is 5.45. The predicted octanol–water partition coefficient (Wildman–Crippen LogP) is 5.21. The maximum absolute atomic E-state index is 12.9. The average Bonchev–Trinajstić information content (AvgIpc) is 2.69. The number of aliphatic hydroxyl groups is 1. The number of piperidine rings is 1. The smallest absolute Gasteiger partial charge is 0.385 e. The van der Waals surface area contributed by atoms with Crippen molar-refractivity contribution in [1.82, 2.24) is 4.90 Å². The van der Waals surface area contributed by atoms with Gasteiger partial charge in [0.05, 0.1) is 11.2 Å². The lowest BCUT2D eigenvalue weighted by molar-refractivity contribution is -0.137. The number of likely N-dealkylation sites (tertiary alicyclic amines) is 1. The summed E-state index contributed by atoms with van der Waals surface area (Å²) < 4.78 is 51.7. The van der Waals surface area contributed by atoms with Crippen molar-refractivity contribution in [2.24, 2.45) is 0 Å². The third kappa shape index (κ3) is 6.03. The van der Waals surface area contributed by atoms with Gasteiger partial charge in [0.2, 0.25) is 0 Å². The molecular weight excluding hydrogens is 422 g/mol. The Morgan fingerprint density at radius 2 is 1.70 bits per heavy atom. The van der Waals surface area contributed by atoms with Crippen molar-refractivity contribution >= 4 is 18.2 Å². The molecule has 1 aliphatic heterocycles. The molecule has 0 aromatic heterocycles. The fourth-order valence-corrected chi connectivity index (χ4v) is 3.66. The number of hydrogen-bond donors (Lipinski definition) is 1. The van der Waals surface area contributed by atoms with Gasteiger partial charge in [-0.15, -0.1) is 12.4 Å². The molecule has 8 heteroatoms. The Bertz CT molecular complexity index is 847. The van der Waals surface area contributed by atoms with Crippen LogP contribution in [0.2, 0.25) is 0 Å². The van der Waals surface area contributed by atoms with Crippen LogP contribution < -0.4 is 0 Å². The highest BCUT2D eigenvalue weighted by molar-refractivity contribution is 5.95. The van der Waals surface area contributed by atoms with Gasteiger partial charge in [-0.1, -0.05) is 12.1 Å². The summed E-state index contributed by atoms with van der Waals surface area (Å²) in [4.78, 5) is 14.2. The minimum Gasteiger partial charge on any atom is -0.385 e. The normalized spacial score (nSPS) is 16.7. The molecule has 3 nitrogen and oxygen atoms in total. The van der Waals surface area contributed by atoms with E-state index in [9.17, 15) is 27.5 Å². The molecule has 0 bridgehead atoms. The molecule has 0 radical (unpaired) electrons. The molecule has 0 unspecified atom stereocenters. The summed E-state index contributed by atoms with van der Waals surface area (Å²) in [5.41, 5.74) is -1.27. The molecule has 30 heavy (non-hydrogen) atoms. The Labute approximate surface area is 179 Å². The number of carbonyl (C=O) groups excluding carboxylic acids is 1. The summed E-state index contributed by atoms with van der Waals surface area (Å²) in [6.45, 7) is 1.74. The van der Waals surface area contributed by atoms with Gasteiger partial charge < -0.3 is 10.0 Å². The monoisotopic (exact) mass is 445 g/mol. The molecule has 0 spiro atoms. The van der Waals surface area contributed by atoms with E-state index in [-0.39, 0.29) is 24.0 Å². The van der Waals surface area contributed by atoms with Gasteiger partial charge in [-0.25, -0.2) is 4.39 Å². The van der Waals surface area contributed by atoms with Crippen molar-refractivity contribution in [3.8, 4) is 0 Å². The summed E-state index contributed by atoms with van der Waals surface area (Å²) in [5, 5.41) is 10.9. The molecule has 0 aliphatic carbocycles. The van der Waals surface area contributed by atoms with E-state index in [0.717, 1.165) is 12.1 Å². The van der Waals surface area contributed by atoms with Crippen molar-refractivity contribution in [3.63, 3.8) is 0 Å². The number of alkyl halides is 3. The van der Waals surface area contributed by atoms with Gasteiger partial charge in [-0.05, 0) is 67.8 Å². The lowest BCUT2D eigenvalue weighted by Gasteiger charge is -2.38. The highest BCUT2D eigenvalue weighted by Crippen LogP contribution is 2.36. The van der Waals surface area contributed by atoms with Gasteiger partial charge in [0.25, 0.3) is 0 Å². The van der Waals surface area contributed by atoms with Crippen molar-refractivity contribution in [2.75, 3.05) is 19.6 Å². The van der Waals surface area contributed by atoms with Crippen LogP contribution in [-0.2, 0) is 11.8 Å². The van der Waals surface area contributed by atoms with E-state index in [0.29, 0.717) is 56.4 Å². The van der Waals surface area contributed by atoms with Crippen molar-refractivity contribution < 1.29 is 27.5 Å². The Morgan fingerprint density at radius 1 is 1.07 bits per heavy atom. The van der Waals surface area contributed by atoms with Gasteiger partial charge in [-0.2, -0.15) is 13.2 Å². The standard InChI is InChI=1S/C22H23F4NO2.ClH/c23-19-8-6-16(7-9-19)20(28)5-2-12-27-13-10-21(29,11-14-27)17-3-1-4-18(15-17)22(24,25)26;/h1,3-4,6-9,15,29H,2,5,10-14H2;1H. The van der Waals surface area contributed by atoms with Crippen LogP contribution in [0.4, 0.5) is 17.6 Å². The molecule has 1 aliphatic rings. The van der Waals surface area contributed by atoms with Crippen molar-refractivity contribution in [2.45, 2.75) is 37.5 Å². The average molecular weight is 446 g/mol. The summed E-state index contributed by atoms with van der Waals surface area (Å²) in [6, 6.07) is 10.3. The van der Waals surface area contributed by atoms with Crippen LogP contribution in [-0.4, -0.2) is 35.4 Å². The molecule has 2 aromatic rings. The van der Waals surface area contributed by atoms with Crippen LogP contribution in [0.15, 0.2) is 48.5 Å². The SMILES string of the molecule is Cl.O=C(CCCN1CCC(O)(c2cccc(C(F)(F)F)c2)CC1)c1ccc(F)cc1. The number of halogens is 5. The van der Waals surface area contributed by atoms with E-state index >= 15 is 0 Å². The number of rotatable bonds is 6. The van der Waals surface area contributed by atoms with Crippen LogP contribution in [0.3, 0.4) is 0 Å². The van der Waals surface area contributed by atoms with E-state index in [1.54, 1.807) is 0 Å². The summed E-state index contributed by atoms with van der Waals surface area (Å²) >= 11 is 0. The van der Waals surface area contributed by atoms with E-state index in [4.69, 9.17) is 0 Å². The Kier molecular flexibility index (Phi) is 8.02. The Balaban J connectivity index is 0.00000320. The van der Waals surface area contributed by atoms with Crippen molar-refractivity contribution in [1.29, 1.82) is 0 Å². The lowest BCUT2D eigenvalue weighted by atomic mass is 9.83. The van der Waals surface area contributed by atoms with E-state index in [1.165, 1.54) is 36.4 Å². The van der Waals surface area contributed by atoms with Crippen molar-refractivity contribution in [3.05, 3.63) is 71.0 Å². The van der Waals surface area contributed by atoms with Gasteiger partial charge in [0.15, 0.2) is 5.78 Å². The number of carbonyl (C=O) groups is 1. The molecule has 0 saturated carbocycles. The zero-order chi connectivity index (χ0) is 21.1. The minimum atomic E-state index is -4.44. The van der Waals surface area contributed by atoms with Crippen LogP contribution in [0.25, 0.3) is 0 Å². The van der Waals surface area contributed by atoms with Crippen LogP contribution in [0, 0.1) is 5.82 Å². The number of hydrogen-bond acceptors (Lipinski definition) is 3. The van der Waals surface area contributed by atoms with E-state index in [2.05, 4.69) is 4.90 Å². The van der Waals surface area contributed by atoms with Gasteiger partial charge in [-0.3, -0.25) is 4.79 Å². The fraction of sp³-hybridized carbons (Fsp3) is 0.409. The Morgan fingerprint density at radius 3 is 2.30 bits per heavy atom. The van der Waals surface area contributed by atoms with Crippen LogP contribution in [0.5, 0.6) is 0 Å². The topological polar surface area (TPSA) is 40.5 Å². The molecule has 3 rings (SSSR count). The molecule has 1 fully saturated rings. The summed E-state index contributed by atoms with van der Waals surface area (Å²) in [5.74, 6) is -0.439. The first kappa shape index (κ1) is 24.3. The second-order valence-corrected chi connectivity index (χ2v) is 7.49. The third-order valence-electron chi connectivity index (χ3n) is 5.45. The number of ketones is 1. The molecule has 0 amide bonds. The Hall–Kier alpha value is -1.96. The summed E-state index contributed by atoms with van der Waals surface area (Å²) in [7, 11) is 0. The second kappa shape index (κ2) is 9.90. The second-order valence-electron chi connectivity index (χ2n) is 7.49. The molecule has 0 atom stereocenters.